The Labute approximate surface area is 210 Å². The van der Waals surface area contributed by atoms with Gasteiger partial charge in [0, 0.05) is 32.1 Å². The Kier molecular flexibility index (Phi) is 6.34. The number of rotatable bonds is 6. The van der Waals surface area contributed by atoms with E-state index in [-0.39, 0.29) is 36.0 Å². The van der Waals surface area contributed by atoms with E-state index in [4.69, 9.17) is 4.98 Å². The van der Waals surface area contributed by atoms with Gasteiger partial charge in [0.15, 0.2) is 5.65 Å². The molecule has 37 heavy (non-hydrogen) atoms. The number of hydrogen-bond acceptors (Lipinski definition) is 8. The number of aromatic nitrogens is 4. The molecule has 10 nitrogen and oxygen atoms in total. The van der Waals surface area contributed by atoms with Gasteiger partial charge in [-0.1, -0.05) is 6.07 Å². The van der Waals surface area contributed by atoms with Crippen molar-refractivity contribution in [1.29, 1.82) is 0 Å². The molecule has 198 valence electrons. The van der Waals surface area contributed by atoms with Crippen LogP contribution in [0.5, 0.6) is 5.75 Å². The average Bonchev–Trinajstić information content (AvgIpc) is 3.43. The van der Waals surface area contributed by atoms with Crippen molar-refractivity contribution in [3.63, 3.8) is 0 Å². The summed E-state index contributed by atoms with van der Waals surface area (Å²) in [6.07, 6.45) is -1.41. The molecule has 1 atom stereocenters. The summed E-state index contributed by atoms with van der Waals surface area (Å²) >= 11 is 0. The highest BCUT2D eigenvalue weighted by Crippen LogP contribution is 2.34. The summed E-state index contributed by atoms with van der Waals surface area (Å²) in [7, 11) is 0. The summed E-state index contributed by atoms with van der Waals surface area (Å²) < 4.78 is 43.9. The first-order valence-corrected chi connectivity index (χ1v) is 12.1. The molecule has 0 spiro atoms. The van der Waals surface area contributed by atoms with Gasteiger partial charge < -0.3 is 25.4 Å². The number of hydrogen-bond donors (Lipinski definition) is 3. The predicted molar refractivity (Wildman–Crippen MR) is 130 cm³/mol. The smallest absolute Gasteiger partial charge is 0.406 e. The first-order chi connectivity index (χ1) is 17.5. The second kappa shape index (κ2) is 9.36. The molecule has 4 heterocycles. The van der Waals surface area contributed by atoms with Crippen LogP contribution in [0.25, 0.3) is 16.7 Å². The summed E-state index contributed by atoms with van der Waals surface area (Å²) in [6.45, 7) is 5.38. The molecule has 2 aliphatic rings. The van der Waals surface area contributed by atoms with Gasteiger partial charge in [0.2, 0.25) is 11.9 Å². The predicted octanol–water partition coefficient (Wildman–Crippen LogP) is 3.00. The highest BCUT2D eigenvalue weighted by atomic mass is 19.4. The number of aliphatic hydroxyl groups is 1. The Morgan fingerprint density at radius 3 is 2.59 bits per heavy atom. The molecule has 0 aliphatic carbocycles. The topological polar surface area (TPSA) is 117 Å². The minimum absolute atomic E-state index is 0.0704. The van der Waals surface area contributed by atoms with E-state index in [1.54, 1.807) is 12.3 Å². The molecular formula is C24H28F3N7O3. The Morgan fingerprint density at radius 2 is 1.95 bits per heavy atom. The number of alkyl halides is 3. The van der Waals surface area contributed by atoms with Gasteiger partial charge in [-0.15, -0.1) is 13.2 Å². The second-order valence-corrected chi connectivity index (χ2v) is 9.97. The van der Waals surface area contributed by atoms with Gasteiger partial charge >= 0.3 is 6.36 Å². The first-order valence-electron chi connectivity index (χ1n) is 12.1. The summed E-state index contributed by atoms with van der Waals surface area (Å²) in [5.41, 5.74) is -0.0414. The fourth-order valence-electron chi connectivity index (χ4n) is 4.89. The third-order valence-electron chi connectivity index (χ3n) is 6.81. The number of ether oxygens (including phenoxy) is 1. The summed E-state index contributed by atoms with van der Waals surface area (Å²) in [4.78, 5) is 23.2. The highest BCUT2D eigenvalue weighted by Gasteiger charge is 2.33. The minimum atomic E-state index is -4.82. The molecule has 3 aromatic rings. The van der Waals surface area contributed by atoms with Crippen LogP contribution in [0.2, 0.25) is 0 Å². The number of fused-ring (bicyclic) bond motifs is 1. The van der Waals surface area contributed by atoms with Crippen LogP contribution in [0.3, 0.4) is 0 Å². The van der Waals surface area contributed by atoms with Gasteiger partial charge in [0.05, 0.1) is 28.9 Å². The molecule has 1 aromatic carbocycles. The number of nitrogens with zero attached hydrogens (tertiary/aromatic N) is 5. The van der Waals surface area contributed by atoms with Crippen molar-refractivity contribution in [2.75, 3.05) is 29.9 Å². The van der Waals surface area contributed by atoms with E-state index < -0.39 is 12.0 Å². The van der Waals surface area contributed by atoms with Crippen LogP contribution >= 0.6 is 0 Å². The van der Waals surface area contributed by atoms with Crippen LogP contribution in [-0.2, 0) is 4.79 Å². The van der Waals surface area contributed by atoms with Crippen LogP contribution in [-0.4, -0.2) is 68.4 Å². The van der Waals surface area contributed by atoms with E-state index >= 15 is 0 Å². The Balaban J connectivity index is 1.53. The molecule has 1 amide bonds. The van der Waals surface area contributed by atoms with Crippen LogP contribution in [0.4, 0.5) is 24.9 Å². The lowest BCUT2D eigenvalue weighted by Crippen LogP contribution is -2.42. The van der Waals surface area contributed by atoms with E-state index in [2.05, 4.69) is 30.4 Å². The van der Waals surface area contributed by atoms with Crippen LogP contribution < -0.4 is 20.3 Å². The maximum absolute atomic E-state index is 12.8. The Morgan fingerprint density at radius 1 is 1.19 bits per heavy atom. The van der Waals surface area contributed by atoms with Crippen molar-refractivity contribution in [3.05, 3.63) is 30.5 Å². The third-order valence-corrected chi connectivity index (χ3v) is 6.81. The van der Waals surface area contributed by atoms with Crippen LogP contribution in [0.1, 0.15) is 33.1 Å². The lowest BCUT2D eigenvalue weighted by Gasteiger charge is -2.38. The molecule has 2 aliphatic heterocycles. The van der Waals surface area contributed by atoms with Gasteiger partial charge in [-0.05, 0) is 44.7 Å². The van der Waals surface area contributed by atoms with Gasteiger partial charge in [0.1, 0.15) is 11.6 Å². The minimum Gasteiger partial charge on any atom is -0.406 e. The lowest BCUT2D eigenvalue weighted by molar-refractivity contribution is -0.274. The number of anilines is 2. The maximum atomic E-state index is 12.8. The first kappa shape index (κ1) is 25.1. The van der Waals surface area contributed by atoms with E-state index in [1.165, 1.54) is 22.9 Å². The van der Waals surface area contributed by atoms with E-state index in [1.807, 2.05) is 13.8 Å². The fourth-order valence-corrected chi connectivity index (χ4v) is 4.89. The van der Waals surface area contributed by atoms with Crippen molar-refractivity contribution >= 4 is 28.7 Å². The molecule has 0 unspecified atom stereocenters. The molecule has 0 bridgehead atoms. The number of benzene rings is 1. The SMILES string of the molecule is CC(C)(O)C1CCN(c2nc(N[C@@H]3CNC(=O)C3)nc3c2cnn3-c2cccc(OC(F)(F)F)c2)CC1. The normalized spacial score (nSPS) is 19.4. The van der Waals surface area contributed by atoms with Crippen molar-refractivity contribution in [2.45, 2.75) is 51.1 Å². The quantitative estimate of drug-likeness (QED) is 0.455. The zero-order valence-corrected chi connectivity index (χ0v) is 20.4. The number of nitrogens with one attached hydrogen (secondary N) is 2. The number of halogens is 3. The van der Waals surface area contributed by atoms with Crippen LogP contribution in [0, 0.1) is 5.92 Å². The number of amides is 1. The van der Waals surface area contributed by atoms with E-state index in [0.29, 0.717) is 42.2 Å². The van der Waals surface area contributed by atoms with Gasteiger partial charge in [-0.25, -0.2) is 4.68 Å². The second-order valence-electron chi connectivity index (χ2n) is 9.97. The van der Waals surface area contributed by atoms with Crippen molar-refractivity contribution in [3.8, 4) is 11.4 Å². The Bertz CT molecular complexity index is 1300. The number of carbonyl (C=O) groups excluding carboxylic acids is 1. The van der Waals surface area contributed by atoms with E-state index in [0.717, 1.165) is 12.8 Å². The molecule has 2 saturated heterocycles. The molecule has 0 radical (unpaired) electrons. The van der Waals surface area contributed by atoms with Crippen molar-refractivity contribution in [1.82, 2.24) is 25.1 Å². The summed E-state index contributed by atoms with van der Waals surface area (Å²) in [6, 6.07) is 5.32. The molecule has 3 N–H and O–H groups in total. The van der Waals surface area contributed by atoms with Crippen molar-refractivity contribution < 1.29 is 27.8 Å². The molecule has 2 fully saturated rings. The Hall–Kier alpha value is -3.61. The largest absolute Gasteiger partial charge is 0.573 e. The van der Waals surface area contributed by atoms with Gasteiger partial charge in [0.25, 0.3) is 0 Å². The lowest BCUT2D eigenvalue weighted by atomic mass is 9.83. The zero-order valence-electron chi connectivity index (χ0n) is 20.4. The number of carbonyl (C=O) groups is 1. The average molecular weight is 520 g/mol. The fraction of sp³-hybridized carbons (Fsp3) is 0.500. The van der Waals surface area contributed by atoms with E-state index in [9.17, 15) is 23.1 Å². The molecular weight excluding hydrogens is 491 g/mol. The molecule has 5 rings (SSSR count). The van der Waals surface area contributed by atoms with Crippen LogP contribution in [0.15, 0.2) is 30.5 Å². The zero-order chi connectivity index (χ0) is 26.4. The standard InChI is InChI=1S/C24H28F3N7O3/c1-23(2,36)14-6-8-33(9-7-14)20-18-13-29-34(16-4-3-5-17(11-16)37-24(25,26)27)21(18)32-22(31-20)30-15-10-19(35)28-12-15/h3-5,11,13-15,36H,6-10,12H2,1-2H3,(H,28,35)(H,30,31,32)/t15-/m0/s1. The summed E-state index contributed by atoms with van der Waals surface area (Å²) in [5.74, 6) is 0.629. The monoisotopic (exact) mass is 519 g/mol. The third kappa shape index (κ3) is 5.55. The number of piperidine rings is 1. The van der Waals surface area contributed by atoms with Crippen molar-refractivity contribution in [2.24, 2.45) is 5.92 Å². The molecule has 13 heteroatoms. The highest BCUT2D eigenvalue weighted by molar-refractivity contribution is 5.89. The van der Waals surface area contributed by atoms with Gasteiger partial charge in [-0.3, -0.25) is 4.79 Å². The molecule has 0 saturated carbocycles. The maximum Gasteiger partial charge on any atom is 0.573 e. The van der Waals surface area contributed by atoms with Gasteiger partial charge in [-0.2, -0.15) is 15.1 Å². The molecule has 2 aromatic heterocycles. The summed E-state index contributed by atoms with van der Waals surface area (Å²) in [5, 5.41) is 21.5.